The van der Waals surface area contributed by atoms with E-state index in [2.05, 4.69) is 103 Å². The summed E-state index contributed by atoms with van der Waals surface area (Å²) in [7, 11) is 0. The van der Waals surface area contributed by atoms with E-state index >= 15 is 0 Å². The Kier molecular flexibility index (Phi) is 8.48. The van der Waals surface area contributed by atoms with Crippen LogP contribution in [-0.4, -0.2) is 12.6 Å². The average Bonchev–Trinajstić information content (AvgIpc) is 2.79. The molecule has 0 radical (unpaired) electrons. The molecule has 1 aliphatic rings. The van der Waals surface area contributed by atoms with E-state index in [0.717, 1.165) is 38.9 Å². The largest absolute Gasteiger partial charge is 0.313 e. The molecule has 0 aliphatic carbocycles. The van der Waals surface area contributed by atoms with Crippen LogP contribution in [-0.2, 0) is 32.4 Å². The molecule has 0 saturated heterocycles. The van der Waals surface area contributed by atoms with Crippen molar-refractivity contribution in [2.24, 2.45) is 0 Å². The second-order valence-electron chi connectivity index (χ2n) is 7.69. The highest BCUT2D eigenvalue weighted by atomic mass is 14.9. The van der Waals surface area contributed by atoms with Gasteiger partial charge in [0.1, 0.15) is 0 Å². The van der Waals surface area contributed by atoms with Crippen LogP contribution in [0.4, 0.5) is 0 Å². The van der Waals surface area contributed by atoms with Crippen molar-refractivity contribution in [2.45, 2.75) is 52.2 Å². The first-order valence-corrected chi connectivity index (χ1v) is 10.9. The summed E-state index contributed by atoms with van der Waals surface area (Å²) in [5.41, 5.74) is 7.19. The summed E-state index contributed by atoms with van der Waals surface area (Å²) in [6.07, 6.45) is 3.39. The van der Waals surface area contributed by atoms with Crippen LogP contribution in [0.25, 0.3) is 0 Å². The van der Waals surface area contributed by atoms with Gasteiger partial charge in [-0.2, -0.15) is 0 Å². The highest BCUT2D eigenvalue weighted by Gasteiger charge is 2.17. The zero-order valence-corrected chi connectivity index (χ0v) is 17.8. The van der Waals surface area contributed by atoms with Gasteiger partial charge in [0.15, 0.2) is 0 Å². The third-order valence-corrected chi connectivity index (χ3v) is 5.47. The minimum absolute atomic E-state index is 0.576. The molecule has 4 rings (SSSR count). The fourth-order valence-electron chi connectivity index (χ4n) is 3.79. The van der Waals surface area contributed by atoms with Crippen molar-refractivity contribution in [3.05, 3.63) is 107 Å². The van der Waals surface area contributed by atoms with Gasteiger partial charge >= 0.3 is 0 Å². The topological polar surface area (TPSA) is 24.1 Å². The number of hydrogen-bond donors (Lipinski definition) is 2. The molecule has 0 bridgehead atoms. The van der Waals surface area contributed by atoms with E-state index in [-0.39, 0.29) is 0 Å². The zero-order valence-electron chi connectivity index (χ0n) is 17.8. The minimum Gasteiger partial charge on any atom is -0.313 e. The van der Waals surface area contributed by atoms with Crippen molar-refractivity contribution in [1.29, 1.82) is 0 Å². The van der Waals surface area contributed by atoms with Crippen LogP contribution < -0.4 is 10.6 Å². The van der Waals surface area contributed by atoms with Gasteiger partial charge in [-0.1, -0.05) is 92.7 Å². The molecule has 0 amide bonds. The molecule has 152 valence electrons. The van der Waals surface area contributed by atoms with Gasteiger partial charge in [0.25, 0.3) is 0 Å². The normalized spacial score (nSPS) is 15.2. The number of nitrogens with one attached hydrogen (secondary N) is 2. The molecule has 29 heavy (non-hydrogen) atoms. The van der Waals surface area contributed by atoms with Gasteiger partial charge in [-0.05, 0) is 53.6 Å². The molecular weight excluding hydrogens is 352 g/mol. The smallest absolute Gasteiger partial charge is 0.0211 e. The fourth-order valence-corrected chi connectivity index (χ4v) is 3.79. The van der Waals surface area contributed by atoms with Crippen molar-refractivity contribution < 1.29 is 0 Å². The Morgan fingerprint density at radius 3 is 2.24 bits per heavy atom. The van der Waals surface area contributed by atoms with Crippen LogP contribution in [0, 0.1) is 0 Å². The number of benzene rings is 3. The maximum Gasteiger partial charge on any atom is 0.0211 e. The summed E-state index contributed by atoms with van der Waals surface area (Å²) >= 11 is 0. The lowest BCUT2D eigenvalue weighted by Gasteiger charge is -2.26. The maximum absolute atomic E-state index is 3.62. The molecule has 3 aromatic carbocycles. The van der Waals surface area contributed by atoms with Gasteiger partial charge in [0.2, 0.25) is 0 Å². The summed E-state index contributed by atoms with van der Waals surface area (Å²) in [6.45, 7) is 7.35. The van der Waals surface area contributed by atoms with Gasteiger partial charge in [-0.15, -0.1) is 0 Å². The highest BCUT2D eigenvalue weighted by Crippen LogP contribution is 2.18. The standard InChI is InChI=1S/C16H17N.C11H17N/c1-2-6-13(7-3-1)10-16-11-14-8-4-5-9-15(14)12-17-16;1-3-10-6-5-7-11(8-10)9-12-4-2/h1-9,16-17H,10-12H2;5-8,12H,3-4,9H2,1-2H3. The van der Waals surface area contributed by atoms with Gasteiger partial charge < -0.3 is 10.6 Å². The Morgan fingerprint density at radius 1 is 0.793 bits per heavy atom. The molecular formula is C27H34N2. The Labute approximate surface area is 176 Å². The summed E-state index contributed by atoms with van der Waals surface area (Å²) in [5, 5.41) is 6.94. The Bertz CT molecular complexity index is 857. The molecule has 1 aliphatic heterocycles. The van der Waals surface area contributed by atoms with E-state index in [1.165, 1.54) is 27.8 Å². The number of rotatable bonds is 6. The number of hydrogen-bond acceptors (Lipinski definition) is 2. The van der Waals surface area contributed by atoms with Crippen molar-refractivity contribution >= 4 is 0 Å². The minimum atomic E-state index is 0.576. The summed E-state index contributed by atoms with van der Waals surface area (Å²) in [4.78, 5) is 0. The predicted octanol–water partition coefficient (Wildman–Crippen LogP) is 5.30. The molecule has 0 fully saturated rings. The lowest BCUT2D eigenvalue weighted by atomic mass is 9.92. The molecule has 0 spiro atoms. The summed E-state index contributed by atoms with van der Waals surface area (Å²) in [5.74, 6) is 0. The first-order valence-electron chi connectivity index (χ1n) is 10.9. The lowest BCUT2D eigenvalue weighted by molar-refractivity contribution is 0.477. The van der Waals surface area contributed by atoms with Crippen LogP contribution in [0.2, 0.25) is 0 Å². The average molecular weight is 387 g/mol. The van der Waals surface area contributed by atoms with Crippen molar-refractivity contribution in [3.8, 4) is 0 Å². The molecule has 2 N–H and O–H groups in total. The molecule has 0 aromatic heterocycles. The second kappa shape index (κ2) is 11.5. The number of aryl methyl sites for hydroxylation is 1. The molecule has 1 heterocycles. The Hall–Kier alpha value is -2.42. The van der Waals surface area contributed by atoms with Crippen LogP contribution in [0.15, 0.2) is 78.9 Å². The third-order valence-electron chi connectivity index (χ3n) is 5.47. The van der Waals surface area contributed by atoms with E-state index < -0.39 is 0 Å². The SMILES string of the molecule is CCNCc1cccc(CC)c1.c1ccc(CC2Cc3ccccc3CN2)cc1. The first kappa shape index (κ1) is 21.3. The van der Waals surface area contributed by atoms with Crippen molar-refractivity contribution in [2.75, 3.05) is 6.54 Å². The summed E-state index contributed by atoms with van der Waals surface area (Å²) in [6, 6.07) is 28.8. The molecule has 2 heteroatoms. The van der Waals surface area contributed by atoms with E-state index in [9.17, 15) is 0 Å². The monoisotopic (exact) mass is 386 g/mol. The maximum atomic E-state index is 3.62. The van der Waals surface area contributed by atoms with E-state index in [4.69, 9.17) is 0 Å². The van der Waals surface area contributed by atoms with Crippen molar-refractivity contribution in [1.82, 2.24) is 10.6 Å². The summed E-state index contributed by atoms with van der Waals surface area (Å²) < 4.78 is 0. The van der Waals surface area contributed by atoms with E-state index in [1.807, 2.05) is 0 Å². The second-order valence-corrected chi connectivity index (χ2v) is 7.69. The Morgan fingerprint density at radius 2 is 1.48 bits per heavy atom. The van der Waals surface area contributed by atoms with E-state index in [1.54, 1.807) is 0 Å². The van der Waals surface area contributed by atoms with Gasteiger partial charge in [0, 0.05) is 19.1 Å². The number of fused-ring (bicyclic) bond motifs is 1. The lowest BCUT2D eigenvalue weighted by Crippen LogP contribution is -2.37. The molecule has 2 nitrogen and oxygen atoms in total. The molecule has 1 atom stereocenters. The first-order chi connectivity index (χ1) is 14.3. The van der Waals surface area contributed by atoms with Crippen LogP contribution in [0.1, 0.15) is 41.7 Å². The third kappa shape index (κ3) is 6.85. The predicted molar refractivity (Wildman–Crippen MR) is 124 cm³/mol. The fraction of sp³-hybridized carbons (Fsp3) is 0.333. The molecule has 0 saturated carbocycles. The van der Waals surface area contributed by atoms with Crippen LogP contribution in [0.5, 0.6) is 0 Å². The van der Waals surface area contributed by atoms with E-state index in [0.29, 0.717) is 6.04 Å². The van der Waals surface area contributed by atoms with Gasteiger partial charge in [-0.3, -0.25) is 0 Å². The quantitative estimate of drug-likeness (QED) is 0.600. The molecule has 3 aromatic rings. The Balaban J connectivity index is 0.000000177. The molecule has 1 unspecified atom stereocenters. The van der Waals surface area contributed by atoms with Crippen LogP contribution in [0.3, 0.4) is 0 Å². The van der Waals surface area contributed by atoms with Crippen LogP contribution >= 0.6 is 0 Å². The highest BCUT2D eigenvalue weighted by molar-refractivity contribution is 5.30. The van der Waals surface area contributed by atoms with Crippen molar-refractivity contribution in [3.63, 3.8) is 0 Å². The van der Waals surface area contributed by atoms with Gasteiger partial charge in [-0.25, -0.2) is 0 Å². The van der Waals surface area contributed by atoms with Gasteiger partial charge in [0.05, 0.1) is 0 Å². The zero-order chi connectivity index (χ0) is 20.3.